The van der Waals surface area contributed by atoms with Crippen LogP contribution in [0.25, 0.3) is 0 Å². The van der Waals surface area contributed by atoms with Crippen molar-refractivity contribution in [3.63, 3.8) is 0 Å². The Balaban J connectivity index is 0.000000277. The normalized spacial score (nSPS) is 17.0. The fourth-order valence-electron chi connectivity index (χ4n) is 2.85. The molecule has 0 bridgehead atoms. The highest BCUT2D eigenvalue weighted by molar-refractivity contribution is 8.13. The Labute approximate surface area is 226 Å². The van der Waals surface area contributed by atoms with E-state index >= 15 is 0 Å². The number of non-ortho nitro benzene ring substituents is 2. The van der Waals surface area contributed by atoms with Gasteiger partial charge in [0.1, 0.15) is 6.61 Å². The van der Waals surface area contributed by atoms with Crippen LogP contribution in [0.1, 0.15) is 32.8 Å². The Morgan fingerprint density at radius 3 is 1.79 bits per heavy atom. The van der Waals surface area contributed by atoms with Gasteiger partial charge in [0.05, 0.1) is 27.5 Å². The van der Waals surface area contributed by atoms with Crippen molar-refractivity contribution < 1.29 is 32.8 Å². The first-order valence-corrected chi connectivity index (χ1v) is 14.3. The molecule has 1 N–H and O–H groups in total. The van der Waals surface area contributed by atoms with Crippen LogP contribution < -0.4 is 0 Å². The molecular weight excluding hydrogens is 542 g/mol. The second-order valence-electron chi connectivity index (χ2n) is 8.02. The quantitative estimate of drug-likeness (QED) is 0.198. The van der Waals surface area contributed by atoms with E-state index in [1.165, 1.54) is 43.9 Å². The van der Waals surface area contributed by atoms with Gasteiger partial charge in [-0.2, -0.15) is 0 Å². The summed E-state index contributed by atoms with van der Waals surface area (Å²) in [6.07, 6.45) is 1.78. The van der Waals surface area contributed by atoms with Crippen LogP contribution in [0.2, 0.25) is 0 Å². The van der Waals surface area contributed by atoms with E-state index in [1.54, 1.807) is 12.1 Å². The molecule has 38 heavy (non-hydrogen) atoms. The predicted octanol–water partition coefficient (Wildman–Crippen LogP) is 4.13. The first kappa shape index (κ1) is 33.3. The molecule has 212 valence electrons. The van der Waals surface area contributed by atoms with Gasteiger partial charge >= 0.3 is 0 Å². The van der Waals surface area contributed by atoms with E-state index in [0.717, 1.165) is 31.1 Å². The van der Waals surface area contributed by atoms with Crippen molar-refractivity contribution in [1.82, 2.24) is 4.90 Å². The molecule has 2 aliphatic rings. The number of aryl methyl sites for hydroxylation is 1. The smallest absolute Gasteiger partial charge is 0.270 e. The molecule has 0 aliphatic carbocycles. The molecule has 0 saturated carbocycles. The molecule has 2 saturated heterocycles. The van der Waals surface area contributed by atoms with Gasteiger partial charge in [-0.1, -0.05) is 39.0 Å². The van der Waals surface area contributed by atoms with Gasteiger partial charge in [0.15, 0.2) is 6.29 Å². The van der Waals surface area contributed by atoms with Gasteiger partial charge < -0.3 is 19.5 Å². The summed E-state index contributed by atoms with van der Waals surface area (Å²) in [5.41, 5.74) is 0.871. The minimum Gasteiger partial charge on any atom is -0.373 e. The predicted molar refractivity (Wildman–Crippen MR) is 143 cm³/mol. The summed E-state index contributed by atoms with van der Waals surface area (Å²) in [5.74, 6) is 0. The highest BCUT2D eigenvalue weighted by Crippen LogP contribution is 2.20. The number of nitrogens with zero attached hydrogens (tertiary/aromatic N) is 3. The molecule has 0 radical (unpaired) electrons. The molecule has 2 fully saturated rings. The van der Waals surface area contributed by atoms with E-state index in [9.17, 15) is 28.6 Å². The third-order valence-corrected chi connectivity index (χ3v) is 6.60. The molecule has 2 aliphatic heterocycles. The lowest BCUT2D eigenvalue weighted by Crippen LogP contribution is -2.21. The van der Waals surface area contributed by atoms with Crippen molar-refractivity contribution in [3.05, 3.63) is 74.3 Å². The Bertz CT molecular complexity index is 1120. The molecule has 12 nitrogen and oxygen atoms in total. The van der Waals surface area contributed by atoms with Crippen LogP contribution in [-0.4, -0.2) is 73.5 Å². The van der Waals surface area contributed by atoms with Crippen LogP contribution in [-0.2, 0) is 24.9 Å². The highest BCUT2D eigenvalue weighted by atomic mass is 35.7. The minimum atomic E-state index is -3.89. The maximum Gasteiger partial charge on any atom is 0.270 e. The van der Waals surface area contributed by atoms with E-state index in [2.05, 4.69) is 30.4 Å². The first-order valence-electron chi connectivity index (χ1n) is 12.0. The second-order valence-corrected chi connectivity index (χ2v) is 10.6. The zero-order valence-electron chi connectivity index (χ0n) is 21.6. The van der Waals surface area contributed by atoms with Gasteiger partial charge in [-0.25, -0.2) is 8.42 Å². The monoisotopic (exact) mass is 575 g/mol. The zero-order valence-corrected chi connectivity index (χ0v) is 23.1. The molecule has 2 heterocycles. The second kappa shape index (κ2) is 17.0. The fourth-order valence-corrected chi connectivity index (χ4v) is 3.64. The van der Waals surface area contributed by atoms with Gasteiger partial charge in [-0.3, -0.25) is 20.2 Å². The van der Waals surface area contributed by atoms with Crippen molar-refractivity contribution in [1.29, 1.82) is 0 Å². The number of nitro groups is 2. The summed E-state index contributed by atoms with van der Waals surface area (Å²) in [6.45, 7) is 11.5. The standard InChI is InChI=1S/C10H11NO3.C6H4ClNO4S.C6H15N.C2H4O2/c12-11(13)9-3-1-2-8(6-9)4-5-10-7-14-10;7-13(11,12)6-3-1-2-5(4-6)8(9)10;1-4-7(5-2)6-3;3-2-1-4-2/h1-3,6,10H,4-5,7H2;1-4H;4-6H2,1-3H3;2-3H,1H2/t10-;;;2-/m0..1/s1. The molecule has 0 unspecified atom stereocenters. The number of halogens is 1. The van der Waals surface area contributed by atoms with E-state index in [-0.39, 0.29) is 21.2 Å². The minimum absolute atomic E-state index is 0.166. The van der Waals surface area contributed by atoms with Gasteiger partial charge in [-0.15, -0.1) is 0 Å². The van der Waals surface area contributed by atoms with Gasteiger partial charge in [0.25, 0.3) is 20.4 Å². The molecule has 2 aromatic rings. The molecule has 0 amide bonds. The lowest BCUT2D eigenvalue weighted by Gasteiger charge is -2.13. The van der Waals surface area contributed by atoms with Crippen LogP contribution in [0.4, 0.5) is 11.4 Å². The third kappa shape index (κ3) is 14.9. The number of nitro benzene ring substituents is 2. The Hall–Kier alpha value is -2.68. The Morgan fingerprint density at radius 2 is 1.42 bits per heavy atom. The fraction of sp³-hybridized carbons (Fsp3) is 0.500. The highest BCUT2D eigenvalue weighted by Gasteiger charge is 2.21. The summed E-state index contributed by atoms with van der Waals surface area (Å²) in [5, 5.41) is 28.7. The number of rotatable bonds is 9. The molecule has 2 atom stereocenters. The molecule has 4 rings (SSSR count). The van der Waals surface area contributed by atoms with Gasteiger partial charge in [-0.05, 0) is 44.1 Å². The molecule has 2 aromatic carbocycles. The number of aliphatic hydroxyl groups is 1. The Morgan fingerprint density at radius 1 is 0.947 bits per heavy atom. The number of aliphatic hydroxyl groups excluding tert-OH is 1. The first-order chi connectivity index (χ1) is 17.9. The summed E-state index contributed by atoms with van der Waals surface area (Å²) in [6, 6.07) is 11.3. The maximum absolute atomic E-state index is 10.8. The molecule has 0 aromatic heterocycles. The largest absolute Gasteiger partial charge is 0.373 e. The molecule has 14 heteroatoms. The van der Waals surface area contributed by atoms with Crippen molar-refractivity contribution >= 4 is 31.1 Å². The topological polar surface area (TPSA) is 169 Å². The van der Waals surface area contributed by atoms with Crippen LogP contribution >= 0.6 is 10.7 Å². The van der Waals surface area contributed by atoms with Crippen LogP contribution in [0.5, 0.6) is 0 Å². The summed E-state index contributed by atoms with van der Waals surface area (Å²) < 4.78 is 30.8. The maximum atomic E-state index is 10.8. The SMILES string of the molecule is CCN(CC)CC.O=[N+]([O-])c1cccc(CC[C@H]2CO2)c1.O=[N+]([O-])c1cccc(S(=O)(=O)Cl)c1.O[C@H]1CO1. The van der Waals surface area contributed by atoms with Crippen molar-refractivity contribution in [3.8, 4) is 0 Å². The zero-order chi connectivity index (χ0) is 28.7. The summed E-state index contributed by atoms with van der Waals surface area (Å²) in [4.78, 5) is 21.8. The number of ether oxygens (including phenoxy) is 2. The molecular formula is C24H34ClN3O9S. The number of hydrogen-bond donors (Lipinski definition) is 1. The van der Waals surface area contributed by atoms with E-state index in [4.69, 9.17) is 20.5 Å². The van der Waals surface area contributed by atoms with Crippen molar-refractivity contribution in [2.45, 2.75) is 50.9 Å². The van der Waals surface area contributed by atoms with Crippen molar-refractivity contribution in [2.75, 3.05) is 32.8 Å². The Kier molecular flexibility index (Phi) is 14.9. The third-order valence-electron chi connectivity index (χ3n) is 5.25. The van der Waals surface area contributed by atoms with Gasteiger partial charge in [0.2, 0.25) is 0 Å². The lowest BCUT2D eigenvalue weighted by molar-refractivity contribution is -0.385. The number of epoxide rings is 2. The van der Waals surface area contributed by atoms with Crippen molar-refractivity contribution in [2.24, 2.45) is 0 Å². The van der Waals surface area contributed by atoms with Crippen LogP contribution in [0.15, 0.2) is 53.4 Å². The average Bonchev–Trinajstić information content (AvgIpc) is 3.83. The van der Waals surface area contributed by atoms with E-state index < -0.39 is 20.3 Å². The summed E-state index contributed by atoms with van der Waals surface area (Å²) >= 11 is 0. The average molecular weight is 576 g/mol. The van der Waals surface area contributed by atoms with E-state index in [1.807, 2.05) is 6.07 Å². The van der Waals surface area contributed by atoms with E-state index in [0.29, 0.717) is 12.7 Å². The number of hydrogen-bond acceptors (Lipinski definition) is 10. The lowest BCUT2D eigenvalue weighted by atomic mass is 10.1. The summed E-state index contributed by atoms with van der Waals surface area (Å²) in [7, 11) is 1.09. The molecule has 0 spiro atoms. The number of benzene rings is 2. The van der Waals surface area contributed by atoms with Crippen LogP contribution in [0, 0.1) is 20.2 Å². The van der Waals surface area contributed by atoms with Gasteiger partial charge in [0, 0.05) is 34.9 Å². The van der Waals surface area contributed by atoms with Crippen LogP contribution in [0.3, 0.4) is 0 Å².